The molecular formula is C13H16O3. The Morgan fingerprint density at radius 1 is 1.44 bits per heavy atom. The van der Waals surface area contributed by atoms with Gasteiger partial charge in [0.05, 0.1) is 13.2 Å². The second-order valence-corrected chi connectivity index (χ2v) is 3.45. The molecule has 1 aromatic rings. The van der Waals surface area contributed by atoms with Gasteiger partial charge in [0.2, 0.25) is 0 Å². The molecule has 0 bridgehead atoms. The number of carbonyl (C=O) groups is 1. The zero-order chi connectivity index (χ0) is 11.8. The Kier molecular flexibility index (Phi) is 5.29. The molecule has 1 rings (SSSR count). The maximum Gasteiger partial charge on any atom is 0.313 e. The van der Waals surface area contributed by atoms with E-state index in [-0.39, 0.29) is 6.61 Å². The first kappa shape index (κ1) is 12.5. The number of ether oxygens (including phenoxy) is 1. The largest absolute Gasteiger partial charge is 0.481 e. The molecule has 1 N–H and O–H groups in total. The molecule has 3 nitrogen and oxygen atoms in total. The van der Waals surface area contributed by atoms with Crippen molar-refractivity contribution in [2.75, 3.05) is 13.2 Å². The van der Waals surface area contributed by atoms with Crippen molar-refractivity contribution in [1.29, 1.82) is 0 Å². The molecule has 3 heteroatoms. The highest BCUT2D eigenvalue weighted by Crippen LogP contribution is 2.16. The van der Waals surface area contributed by atoms with E-state index in [9.17, 15) is 4.79 Å². The van der Waals surface area contributed by atoms with Crippen LogP contribution in [0.4, 0.5) is 0 Å². The van der Waals surface area contributed by atoms with E-state index in [0.29, 0.717) is 6.61 Å². The Labute approximate surface area is 95.4 Å². The average Bonchev–Trinajstić information content (AvgIpc) is 2.30. The van der Waals surface area contributed by atoms with Crippen LogP contribution in [0.2, 0.25) is 0 Å². The summed E-state index contributed by atoms with van der Waals surface area (Å²) in [5.74, 6) is -1.45. The van der Waals surface area contributed by atoms with Gasteiger partial charge in [-0.05, 0) is 12.0 Å². The molecule has 0 spiro atoms. The molecule has 0 heterocycles. The first-order chi connectivity index (χ1) is 7.75. The van der Waals surface area contributed by atoms with Gasteiger partial charge >= 0.3 is 5.97 Å². The monoisotopic (exact) mass is 220 g/mol. The highest BCUT2D eigenvalue weighted by molar-refractivity contribution is 5.76. The number of aliphatic carboxylic acids is 1. The number of hydrogen-bond acceptors (Lipinski definition) is 2. The van der Waals surface area contributed by atoms with Gasteiger partial charge in [0.25, 0.3) is 0 Å². The Hall–Kier alpha value is -1.61. The molecule has 0 saturated heterocycles. The van der Waals surface area contributed by atoms with Gasteiger partial charge in [0.1, 0.15) is 5.92 Å². The van der Waals surface area contributed by atoms with Crippen LogP contribution < -0.4 is 0 Å². The van der Waals surface area contributed by atoms with Crippen LogP contribution in [0.25, 0.3) is 0 Å². The van der Waals surface area contributed by atoms with E-state index in [1.807, 2.05) is 18.2 Å². The lowest BCUT2D eigenvalue weighted by Gasteiger charge is -2.12. The summed E-state index contributed by atoms with van der Waals surface area (Å²) in [5, 5.41) is 9.08. The molecule has 0 fully saturated rings. The van der Waals surface area contributed by atoms with Gasteiger partial charge in [-0.3, -0.25) is 4.79 Å². The SMILES string of the molecule is C=CCCOCC(C(=O)O)c1ccccc1. The van der Waals surface area contributed by atoms with E-state index in [4.69, 9.17) is 9.84 Å². The number of rotatable bonds is 7. The second kappa shape index (κ2) is 6.80. The van der Waals surface area contributed by atoms with Gasteiger partial charge in [0.15, 0.2) is 0 Å². The van der Waals surface area contributed by atoms with Crippen LogP contribution in [-0.2, 0) is 9.53 Å². The van der Waals surface area contributed by atoms with Crippen LogP contribution in [-0.4, -0.2) is 24.3 Å². The minimum atomic E-state index is -0.857. The standard InChI is InChI=1S/C13H16O3/c1-2-3-9-16-10-12(13(14)15)11-7-5-4-6-8-11/h2,4-8,12H,1,3,9-10H2,(H,14,15). The maximum absolute atomic E-state index is 11.1. The Morgan fingerprint density at radius 2 is 2.12 bits per heavy atom. The number of carboxylic acid groups (broad SMARTS) is 1. The van der Waals surface area contributed by atoms with E-state index in [1.54, 1.807) is 18.2 Å². The molecule has 0 aliphatic rings. The highest BCUT2D eigenvalue weighted by atomic mass is 16.5. The van der Waals surface area contributed by atoms with Crippen LogP contribution in [0.15, 0.2) is 43.0 Å². The fraction of sp³-hybridized carbons (Fsp3) is 0.308. The van der Waals surface area contributed by atoms with Gasteiger partial charge in [-0.2, -0.15) is 0 Å². The summed E-state index contributed by atoms with van der Waals surface area (Å²) < 4.78 is 5.30. The molecule has 86 valence electrons. The van der Waals surface area contributed by atoms with Crippen molar-refractivity contribution in [2.45, 2.75) is 12.3 Å². The van der Waals surface area contributed by atoms with Crippen molar-refractivity contribution >= 4 is 5.97 Å². The van der Waals surface area contributed by atoms with Gasteiger partial charge in [-0.1, -0.05) is 36.4 Å². The van der Waals surface area contributed by atoms with Crippen molar-refractivity contribution in [3.8, 4) is 0 Å². The molecule has 0 aromatic heterocycles. The lowest BCUT2D eigenvalue weighted by molar-refractivity contribution is -0.140. The number of hydrogen-bond donors (Lipinski definition) is 1. The minimum Gasteiger partial charge on any atom is -0.481 e. The summed E-state index contributed by atoms with van der Waals surface area (Å²) in [6.07, 6.45) is 2.49. The van der Waals surface area contributed by atoms with E-state index in [2.05, 4.69) is 6.58 Å². The summed E-state index contributed by atoms with van der Waals surface area (Å²) in [6, 6.07) is 9.12. The van der Waals surface area contributed by atoms with Gasteiger partial charge in [-0.25, -0.2) is 0 Å². The lowest BCUT2D eigenvalue weighted by Crippen LogP contribution is -2.18. The average molecular weight is 220 g/mol. The molecule has 0 radical (unpaired) electrons. The third-order valence-corrected chi connectivity index (χ3v) is 2.25. The molecule has 1 aromatic carbocycles. The molecule has 0 aliphatic carbocycles. The first-order valence-electron chi connectivity index (χ1n) is 5.22. The number of carboxylic acids is 1. The first-order valence-corrected chi connectivity index (χ1v) is 5.22. The third-order valence-electron chi connectivity index (χ3n) is 2.25. The molecular weight excluding hydrogens is 204 g/mol. The fourth-order valence-corrected chi connectivity index (χ4v) is 1.36. The van der Waals surface area contributed by atoms with Gasteiger partial charge in [0, 0.05) is 0 Å². The van der Waals surface area contributed by atoms with Crippen molar-refractivity contribution in [2.24, 2.45) is 0 Å². The zero-order valence-electron chi connectivity index (χ0n) is 9.13. The quantitative estimate of drug-likeness (QED) is 0.567. The Balaban J connectivity index is 2.55. The maximum atomic E-state index is 11.1. The Bertz CT molecular complexity index is 332. The molecule has 0 amide bonds. The number of benzene rings is 1. The lowest BCUT2D eigenvalue weighted by atomic mass is 10.0. The van der Waals surface area contributed by atoms with Gasteiger partial charge < -0.3 is 9.84 Å². The normalized spacial score (nSPS) is 12.0. The highest BCUT2D eigenvalue weighted by Gasteiger charge is 2.19. The van der Waals surface area contributed by atoms with Crippen molar-refractivity contribution in [1.82, 2.24) is 0 Å². The van der Waals surface area contributed by atoms with Crippen LogP contribution in [0, 0.1) is 0 Å². The van der Waals surface area contributed by atoms with Crippen molar-refractivity contribution < 1.29 is 14.6 Å². The van der Waals surface area contributed by atoms with E-state index >= 15 is 0 Å². The van der Waals surface area contributed by atoms with Crippen LogP contribution in [0.5, 0.6) is 0 Å². The topological polar surface area (TPSA) is 46.5 Å². The van der Waals surface area contributed by atoms with Crippen molar-refractivity contribution in [3.05, 3.63) is 48.6 Å². The third kappa shape index (κ3) is 3.87. The summed E-state index contributed by atoms with van der Waals surface area (Å²) in [6.45, 7) is 4.29. The predicted octanol–water partition coefficient (Wildman–Crippen LogP) is 2.45. The van der Waals surface area contributed by atoms with Crippen LogP contribution in [0.1, 0.15) is 17.9 Å². The van der Waals surface area contributed by atoms with E-state index in [0.717, 1.165) is 12.0 Å². The summed E-state index contributed by atoms with van der Waals surface area (Å²) in [5.41, 5.74) is 0.772. The molecule has 1 atom stereocenters. The molecule has 0 saturated carbocycles. The van der Waals surface area contributed by atoms with Crippen LogP contribution in [0.3, 0.4) is 0 Å². The van der Waals surface area contributed by atoms with E-state index in [1.165, 1.54) is 0 Å². The smallest absolute Gasteiger partial charge is 0.313 e. The summed E-state index contributed by atoms with van der Waals surface area (Å²) >= 11 is 0. The summed E-state index contributed by atoms with van der Waals surface area (Å²) in [4.78, 5) is 11.1. The zero-order valence-corrected chi connectivity index (χ0v) is 9.13. The summed E-state index contributed by atoms with van der Waals surface area (Å²) in [7, 11) is 0. The van der Waals surface area contributed by atoms with Crippen molar-refractivity contribution in [3.63, 3.8) is 0 Å². The van der Waals surface area contributed by atoms with Crippen LogP contribution >= 0.6 is 0 Å². The second-order valence-electron chi connectivity index (χ2n) is 3.45. The fourth-order valence-electron chi connectivity index (χ4n) is 1.36. The Morgan fingerprint density at radius 3 is 2.69 bits per heavy atom. The van der Waals surface area contributed by atoms with E-state index < -0.39 is 11.9 Å². The molecule has 16 heavy (non-hydrogen) atoms. The predicted molar refractivity (Wildman–Crippen MR) is 62.5 cm³/mol. The van der Waals surface area contributed by atoms with Gasteiger partial charge in [-0.15, -0.1) is 6.58 Å². The molecule has 1 unspecified atom stereocenters. The minimum absolute atomic E-state index is 0.202. The molecule has 0 aliphatic heterocycles.